The summed E-state index contributed by atoms with van der Waals surface area (Å²) in [5.41, 5.74) is 1.17. The molecule has 3 rings (SSSR count). The van der Waals surface area contributed by atoms with E-state index in [4.69, 9.17) is 0 Å². The Morgan fingerprint density at radius 3 is 2.88 bits per heavy atom. The van der Waals surface area contributed by atoms with Crippen molar-refractivity contribution in [3.05, 3.63) is 36.1 Å². The molecule has 0 spiro atoms. The van der Waals surface area contributed by atoms with Gasteiger partial charge < -0.3 is 10.6 Å². The molecule has 17 heavy (non-hydrogen) atoms. The summed E-state index contributed by atoms with van der Waals surface area (Å²) in [4.78, 5) is 13.9. The lowest BCUT2D eigenvalue weighted by Crippen LogP contribution is -2.53. The smallest absolute Gasteiger partial charge is 0.322 e. The molecule has 4 nitrogen and oxygen atoms in total. The number of nitrogens with one attached hydrogen (secondary N) is 2. The van der Waals surface area contributed by atoms with Crippen LogP contribution in [0.2, 0.25) is 0 Å². The van der Waals surface area contributed by atoms with Gasteiger partial charge in [-0.1, -0.05) is 24.3 Å². The number of hydrogen-bond donors (Lipinski definition) is 2. The van der Waals surface area contributed by atoms with Gasteiger partial charge in [-0.25, -0.2) is 4.79 Å². The second kappa shape index (κ2) is 4.37. The maximum atomic E-state index is 12.0. The molecule has 2 amide bonds. The maximum Gasteiger partial charge on any atom is 0.322 e. The van der Waals surface area contributed by atoms with Gasteiger partial charge in [0, 0.05) is 12.2 Å². The van der Waals surface area contributed by atoms with E-state index in [1.807, 2.05) is 29.3 Å². The number of hydrogen-bond acceptors (Lipinski definition) is 2. The first-order valence-electron chi connectivity index (χ1n) is 6.21. The molecule has 0 bridgehead atoms. The molecular weight excluding hydrogens is 214 g/mol. The first-order valence-corrected chi connectivity index (χ1v) is 6.21. The van der Waals surface area contributed by atoms with Crippen LogP contribution in [0, 0.1) is 0 Å². The molecule has 0 saturated carbocycles. The Balaban J connectivity index is 1.82. The van der Waals surface area contributed by atoms with Crippen LogP contribution in [0.4, 0.5) is 4.79 Å². The number of carbonyl (C=O) groups excluding carboxylic acids is 1. The number of amides is 2. The molecule has 2 heterocycles. The number of urea groups is 1. The Morgan fingerprint density at radius 2 is 2.06 bits per heavy atom. The molecule has 2 aliphatic heterocycles. The number of carbonyl (C=O) groups is 1. The Morgan fingerprint density at radius 1 is 1.24 bits per heavy atom. The fourth-order valence-electron chi connectivity index (χ4n) is 2.59. The van der Waals surface area contributed by atoms with Crippen LogP contribution in [0.1, 0.15) is 12.8 Å². The summed E-state index contributed by atoms with van der Waals surface area (Å²) < 4.78 is 0. The second-order valence-electron chi connectivity index (χ2n) is 4.69. The zero-order chi connectivity index (χ0) is 11.7. The summed E-state index contributed by atoms with van der Waals surface area (Å²) in [6.07, 6.45) is 12.1. The maximum absolute atomic E-state index is 12.0. The topological polar surface area (TPSA) is 44.4 Å². The van der Waals surface area contributed by atoms with E-state index in [0.717, 1.165) is 25.9 Å². The average Bonchev–Trinajstić information content (AvgIpc) is 2.39. The second-order valence-corrected chi connectivity index (χ2v) is 4.69. The largest absolute Gasteiger partial charge is 0.327 e. The standard InChI is InChI=1S/C13H17N3O/c17-13-15-12-4-2-1-3-10(12)9-16(13)11-5-7-14-8-6-11/h1-4,9,11-12,14H,5-8H2,(H,15,17). The van der Waals surface area contributed by atoms with Crippen LogP contribution in [0.25, 0.3) is 0 Å². The van der Waals surface area contributed by atoms with Crippen molar-refractivity contribution in [1.82, 2.24) is 15.5 Å². The van der Waals surface area contributed by atoms with E-state index in [9.17, 15) is 4.79 Å². The van der Waals surface area contributed by atoms with Gasteiger partial charge >= 0.3 is 6.03 Å². The van der Waals surface area contributed by atoms with Crippen LogP contribution in [-0.4, -0.2) is 36.1 Å². The Labute approximate surface area is 101 Å². The predicted molar refractivity (Wildman–Crippen MR) is 66.4 cm³/mol. The fraction of sp³-hybridized carbons (Fsp3) is 0.462. The van der Waals surface area contributed by atoms with Crippen molar-refractivity contribution in [1.29, 1.82) is 0 Å². The third kappa shape index (κ3) is 2.00. The minimum Gasteiger partial charge on any atom is -0.327 e. The van der Waals surface area contributed by atoms with Gasteiger partial charge in [0.2, 0.25) is 0 Å². The van der Waals surface area contributed by atoms with Gasteiger partial charge in [-0.3, -0.25) is 4.90 Å². The normalized spacial score (nSPS) is 28.7. The van der Waals surface area contributed by atoms with Crippen LogP contribution in [0.15, 0.2) is 36.1 Å². The lowest BCUT2D eigenvalue weighted by Gasteiger charge is -2.37. The van der Waals surface area contributed by atoms with Gasteiger partial charge in [0.05, 0.1) is 6.04 Å². The summed E-state index contributed by atoms with van der Waals surface area (Å²) in [7, 11) is 0. The zero-order valence-corrected chi connectivity index (χ0v) is 9.73. The molecule has 1 atom stereocenters. The number of allylic oxidation sites excluding steroid dienone is 2. The monoisotopic (exact) mass is 231 g/mol. The summed E-state index contributed by atoms with van der Waals surface area (Å²) >= 11 is 0. The Kier molecular flexibility index (Phi) is 2.73. The molecule has 1 saturated heterocycles. The van der Waals surface area contributed by atoms with Crippen LogP contribution >= 0.6 is 0 Å². The van der Waals surface area contributed by atoms with Crippen LogP contribution < -0.4 is 10.6 Å². The predicted octanol–water partition coefficient (Wildman–Crippen LogP) is 1.14. The van der Waals surface area contributed by atoms with Gasteiger partial charge in [-0.2, -0.15) is 0 Å². The summed E-state index contributed by atoms with van der Waals surface area (Å²) in [5, 5.41) is 6.35. The van der Waals surface area contributed by atoms with Gasteiger partial charge in [0.1, 0.15) is 0 Å². The lowest BCUT2D eigenvalue weighted by molar-refractivity contribution is 0.182. The first kappa shape index (κ1) is 10.6. The highest BCUT2D eigenvalue weighted by atomic mass is 16.2. The van der Waals surface area contributed by atoms with E-state index in [-0.39, 0.29) is 12.1 Å². The van der Waals surface area contributed by atoms with Crippen molar-refractivity contribution < 1.29 is 4.79 Å². The number of piperidine rings is 1. The van der Waals surface area contributed by atoms with E-state index in [1.165, 1.54) is 5.57 Å². The molecule has 2 N–H and O–H groups in total. The quantitative estimate of drug-likeness (QED) is 0.711. The van der Waals surface area contributed by atoms with Crippen molar-refractivity contribution in [3.63, 3.8) is 0 Å². The molecule has 0 aromatic rings. The van der Waals surface area contributed by atoms with Crippen LogP contribution in [0.5, 0.6) is 0 Å². The van der Waals surface area contributed by atoms with Gasteiger partial charge in [0.15, 0.2) is 0 Å². The highest BCUT2D eigenvalue weighted by Crippen LogP contribution is 2.22. The molecule has 0 aromatic carbocycles. The number of fused-ring (bicyclic) bond motifs is 1. The molecule has 0 radical (unpaired) electrons. The van der Waals surface area contributed by atoms with E-state index in [2.05, 4.69) is 16.7 Å². The number of rotatable bonds is 1. The van der Waals surface area contributed by atoms with Gasteiger partial charge in [-0.15, -0.1) is 0 Å². The fourth-order valence-corrected chi connectivity index (χ4v) is 2.59. The van der Waals surface area contributed by atoms with Gasteiger partial charge in [-0.05, 0) is 31.5 Å². The summed E-state index contributed by atoms with van der Waals surface area (Å²) in [6.45, 7) is 1.99. The van der Waals surface area contributed by atoms with Crippen LogP contribution in [0.3, 0.4) is 0 Å². The van der Waals surface area contributed by atoms with Crippen molar-refractivity contribution in [2.24, 2.45) is 0 Å². The van der Waals surface area contributed by atoms with E-state index in [0.29, 0.717) is 6.04 Å². The molecule has 1 aliphatic carbocycles. The third-order valence-electron chi connectivity index (χ3n) is 3.57. The van der Waals surface area contributed by atoms with Crippen LogP contribution in [-0.2, 0) is 0 Å². The minimum absolute atomic E-state index is 0.0330. The summed E-state index contributed by atoms with van der Waals surface area (Å²) in [5.74, 6) is 0. The first-order chi connectivity index (χ1) is 8.34. The van der Waals surface area contributed by atoms with Crippen molar-refractivity contribution in [3.8, 4) is 0 Å². The summed E-state index contributed by atoms with van der Waals surface area (Å²) in [6, 6.07) is 0.431. The molecule has 0 aromatic heterocycles. The SMILES string of the molecule is O=C1NC2C=CC=CC2=CN1C1CCNCC1. The van der Waals surface area contributed by atoms with E-state index >= 15 is 0 Å². The van der Waals surface area contributed by atoms with Gasteiger partial charge in [0.25, 0.3) is 0 Å². The lowest BCUT2D eigenvalue weighted by atomic mass is 9.99. The molecule has 1 unspecified atom stereocenters. The van der Waals surface area contributed by atoms with Crippen molar-refractivity contribution in [2.45, 2.75) is 24.9 Å². The zero-order valence-electron chi connectivity index (χ0n) is 9.73. The average molecular weight is 231 g/mol. The van der Waals surface area contributed by atoms with E-state index in [1.54, 1.807) is 0 Å². The minimum atomic E-state index is 0.0330. The molecule has 1 fully saturated rings. The molecule has 4 heteroatoms. The highest BCUT2D eigenvalue weighted by Gasteiger charge is 2.30. The highest BCUT2D eigenvalue weighted by molar-refractivity contribution is 5.79. The van der Waals surface area contributed by atoms with Crippen molar-refractivity contribution in [2.75, 3.05) is 13.1 Å². The molecule has 3 aliphatic rings. The third-order valence-corrected chi connectivity index (χ3v) is 3.57. The molecule has 90 valence electrons. The number of nitrogens with zero attached hydrogens (tertiary/aromatic N) is 1. The Hall–Kier alpha value is -1.55. The molecular formula is C13H17N3O. The van der Waals surface area contributed by atoms with Crippen molar-refractivity contribution >= 4 is 6.03 Å². The Bertz CT molecular complexity index is 405. The van der Waals surface area contributed by atoms with E-state index < -0.39 is 0 Å².